The molecule has 1 aliphatic rings. The van der Waals surface area contributed by atoms with Crippen LogP contribution in [0.5, 0.6) is 0 Å². The minimum Gasteiger partial charge on any atom is -0.392 e. The van der Waals surface area contributed by atoms with Gasteiger partial charge in [0.15, 0.2) is 0 Å². The number of aliphatic hydroxyl groups excluding tert-OH is 1. The van der Waals surface area contributed by atoms with Gasteiger partial charge in [-0.2, -0.15) is 4.31 Å². The lowest BCUT2D eigenvalue weighted by molar-refractivity contribution is 0.0111. The van der Waals surface area contributed by atoms with E-state index in [0.717, 1.165) is 34.6 Å². The van der Waals surface area contributed by atoms with Crippen LogP contribution in [0.15, 0.2) is 102 Å². The highest BCUT2D eigenvalue weighted by molar-refractivity contribution is 7.89. The fourth-order valence-corrected chi connectivity index (χ4v) is 8.73. The second kappa shape index (κ2) is 14.5. The number of amides is 1. The van der Waals surface area contributed by atoms with Crippen LogP contribution in [0.1, 0.15) is 34.3 Å². The van der Waals surface area contributed by atoms with Gasteiger partial charge >= 0.3 is 7.82 Å². The number of aliphatic hydroxyl groups is 1. The molecule has 0 saturated carbocycles. The highest BCUT2D eigenvalue weighted by atomic mass is 35.5. The van der Waals surface area contributed by atoms with Crippen LogP contribution < -0.4 is 5.32 Å². The molecule has 48 heavy (non-hydrogen) atoms. The van der Waals surface area contributed by atoms with Crippen LogP contribution in [0.25, 0.3) is 0 Å². The molecule has 1 aliphatic heterocycles. The molecule has 0 spiro atoms. The van der Waals surface area contributed by atoms with Gasteiger partial charge in [0.1, 0.15) is 16.5 Å². The van der Waals surface area contributed by atoms with Crippen molar-refractivity contribution in [2.75, 3.05) is 11.9 Å². The molecule has 1 fully saturated rings. The summed E-state index contributed by atoms with van der Waals surface area (Å²) in [5, 5.41) is 13.2. The fraction of sp³-hybridized carbons (Fsp3) is 0.242. The van der Waals surface area contributed by atoms with E-state index in [9.17, 15) is 37.1 Å². The number of β-amino-alcohol motifs (C(OH)–C–C–N with tert-alkyl or cyclic N) is 1. The first kappa shape index (κ1) is 35.8. The van der Waals surface area contributed by atoms with E-state index in [1.54, 1.807) is 60.7 Å². The summed E-state index contributed by atoms with van der Waals surface area (Å²) in [5.74, 6) is -2.79. The third-order valence-corrected chi connectivity index (χ3v) is 10.9. The number of rotatable bonds is 10. The molecule has 254 valence electrons. The number of sulfonamides is 1. The molecule has 1 saturated heterocycles. The number of nitrogens with one attached hydrogen (secondary N) is 1. The molecule has 0 aliphatic carbocycles. The number of carbonyl (C=O) groups is 1. The number of phosphoric ester groups is 1. The maximum absolute atomic E-state index is 15.7. The van der Waals surface area contributed by atoms with E-state index in [1.807, 2.05) is 0 Å². The largest absolute Gasteiger partial charge is 0.469 e. The summed E-state index contributed by atoms with van der Waals surface area (Å²) in [6, 6.07) is 23.3. The Bertz CT molecular complexity index is 1890. The molecule has 1 amide bonds. The van der Waals surface area contributed by atoms with Gasteiger partial charge in [-0.1, -0.05) is 72.3 Å². The lowest BCUT2D eigenvalue weighted by atomic mass is 9.79. The van der Waals surface area contributed by atoms with E-state index in [4.69, 9.17) is 16.1 Å². The van der Waals surface area contributed by atoms with Crippen molar-refractivity contribution in [3.63, 3.8) is 0 Å². The van der Waals surface area contributed by atoms with Crippen molar-refractivity contribution in [3.05, 3.63) is 130 Å². The molecular formula is C33H32ClF2N2O8PS. The second-order valence-corrected chi connectivity index (χ2v) is 14.9. The van der Waals surface area contributed by atoms with Gasteiger partial charge in [0, 0.05) is 17.8 Å². The van der Waals surface area contributed by atoms with E-state index in [1.165, 1.54) is 6.07 Å². The van der Waals surface area contributed by atoms with Crippen molar-refractivity contribution >= 4 is 41.0 Å². The van der Waals surface area contributed by atoms with Gasteiger partial charge in [0.05, 0.1) is 22.8 Å². The summed E-state index contributed by atoms with van der Waals surface area (Å²) in [7, 11) is -10.3. The van der Waals surface area contributed by atoms with Crippen molar-refractivity contribution in [2.45, 2.75) is 48.3 Å². The van der Waals surface area contributed by atoms with Crippen LogP contribution in [-0.2, 0) is 32.0 Å². The summed E-state index contributed by atoms with van der Waals surface area (Å²) >= 11 is 5.81. The Kier molecular flexibility index (Phi) is 10.8. The molecule has 0 radical (unpaired) electrons. The van der Waals surface area contributed by atoms with Crippen LogP contribution in [0, 0.1) is 11.6 Å². The highest BCUT2D eigenvalue weighted by Crippen LogP contribution is 2.47. The molecule has 4 N–H and O–H groups in total. The molecule has 4 aromatic carbocycles. The smallest absolute Gasteiger partial charge is 0.392 e. The monoisotopic (exact) mass is 720 g/mol. The number of nitrogens with zero attached hydrogens (tertiary/aromatic N) is 1. The lowest BCUT2D eigenvalue weighted by Gasteiger charge is -2.46. The number of benzene rings is 4. The van der Waals surface area contributed by atoms with Crippen LogP contribution in [0.4, 0.5) is 14.5 Å². The van der Waals surface area contributed by atoms with Crippen LogP contribution in [-0.4, -0.2) is 57.8 Å². The van der Waals surface area contributed by atoms with Gasteiger partial charge in [0.2, 0.25) is 10.0 Å². The molecule has 0 bridgehead atoms. The van der Waals surface area contributed by atoms with Gasteiger partial charge in [0.25, 0.3) is 5.91 Å². The Hall–Kier alpha value is -3.52. The third kappa shape index (κ3) is 8.19. The number of halogens is 3. The van der Waals surface area contributed by atoms with Crippen molar-refractivity contribution < 1.29 is 46.0 Å². The number of anilines is 1. The van der Waals surface area contributed by atoms with Crippen LogP contribution in [0.3, 0.4) is 0 Å². The first-order valence-corrected chi connectivity index (χ1v) is 18.1. The van der Waals surface area contributed by atoms with E-state index >= 15 is 4.39 Å². The quantitative estimate of drug-likeness (QED) is 0.152. The first-order chi connectivity index (χ1) is 22.7. The number of hydrogen-bond donors (Lipinski definition) is 4. The average molecular weight is 721 g/mol. The molecule has 5 rings (SSSR count). The summed E-state index contributed by atoms with van der Waals surface area (Å²) in [6.45, 7) is -0.576. The predicted molar refractivity (Wildman–Crippen MR) is 175 cm³/mol. The molecule has 1 heterocycles. The molecular weight excluding hydrogens is 689 g/mol. The van der Waals surface area contributed by atoms with Crippen molar-refractivity contribution in [2.24, 2.45) is 0 Å². The summed E-state index contributed by atoms with van der Waals surface area (Å²) < 4.78 is 77.4. The SMILES string of the molecule is O=C(Nc1ccc(F)c(Cl)c1)c1ccc(F)c(S(=O)(=O)N2CC(O)CCC(OP(=O)(O)O)C2(Cc2ccccc2)Cc2ccccc2)c1. The van der Waals surface area contributed by atoms with Gasteiger partial charge < -0.3 is 20.2 Å². The van der Waals surface area contributed by atoms with Crippen LogP contribution >= 0.6 is 19.4 Å². The Balaban J connectivity index is 1.68. The minimum atomic E-state index is -5.25. The lowest BCUT2D eigenvalue weighted by Crippen LogP contribution is -2.62. The zero-order valence-electron chi connectivity index (χ0n) is 25.2. The third-order valence-electron chi connectivity index (χ3n) is 8.14. The van der Waals surface area contributed by atoms with E-state index in [-0.39, 0.29) is 42.0 Å². The summed E-state index contributed by atoms with van der Waals surface area (Å²) in [5.41, 5.74) is -0.842. The standard InChI is InChI=1S/C33H32ClF2N2O8PS/c34-27-18-25(12-15-28(27)35)37-32(40)24-11-14-29(36)30(17-24)48(44,45)38-21-26(39)13-16-31(46-47(41,42)43)33(38,19-22-7-3-1-4-8-22)20-23-9-5-2-6-10-23/h1-12,14-15,17-18,26,31,39H,13,16,19-21H2,(H,37,40)(H2,41,42,43). The van der Waals surface area contributed by atoms with Crippen molar-refractivity contribution in [1.82, 2.24) is 4.31 Å². The topological polar surface area (TPSA) is 153 Å². The minimum absolute atomic E-state index is 0.0901. The molecule has 4 aromatic rings. The fourth-order valence-electron chi connectivity index (χ4n) is 5.99. The molecule has 15 heteroatoms. The number of hydrogen-bond acceptors (Lipinski definition) is 6. The van der Waals surface area contributed by atoms with E-state index in [2.05, 4.69) is 5.32 Å². The Morgan fingerprint density at radius 3 is 2.06 bits per heavy atom. The zero-order valence-corrected chi connectivity index (χ0v) is 27.7. The van der Waals surface area contributed by atoms with Gasteiger partial charge in [-0.05, 0) is 73.2 Å². The predicted octanol–water partition coefficient (Wildman–Crippen LogP) is 5.72. The Labute approximate surface area is 281 Å². The number of carbonyl (C=O) groups excluding carboxylic acids is 1. The number of phosphoric acid groups is 1. The van der Waals surface area contributed by atoms with E-state index in [0.29, 0.717) is 11.1 Å². The maximum atomic E-state index is 15.7. The van der Waals surface area contributed by atoms with Crippen LogP contribution in [0.2, 0.25) is 5.02 Å². The molecule has 2 atom stereocenters. The van der Waals surface area contributed by atoms with Gasteiger partial charge in [-0.3, -0.25) is 9.32 Å². The highest BCUT2D eigenvalue weighted by Gasteiger charge is 2.54. The molecule has 2 unspecified atom stereocenters. The molecule has 10 nitrogen and oxygen atoms in total. The zero-order chi connectivity index (χ0) is 34.7. The average Bonchev–Trinajstić information content (AvgIpc) is 3.16. The summed E-state index contributed by atoms with van der Waals surface area (Å²) in [4.78, 5) is 32.3. The first-order valence-electron chi connectivity index (χ1n) is 14.8. The Morgan fingerprint density at radius 2 is 1.50 bits per heavy atom. The normalized spacial score (nSPS) is 18.6. The van der Waals surface area contributed by atoms with E-state index < -0.39 is 64.6 Å². The van der Waals surface area contributed by atoms with Gasteiger partial charge in [-0.25, -0.2) is 21.8 Å². The molecule has 0 aromatic heterocycles. The Morgan fingerprint density at radius 1 is 0.917 bits per heavy atom. The second-order valence-electron chi connectivity index (χ2n) is 11.5. The van der Waals surface area contributed by atoms with Gasteiger partial charge in [-0.15, -0.1) is 0 Å². The van der Waals surface area contributed by atoms with Crippen molar-refractivity contribution in [3.8, 4) is 0 Å². The maximum Gasteiger partial charge on any atom is 0.469 e. The summed E-state index contributed by atoms with van der Waals surface area (Å²) in [6.07, 6.45) is -3.34. The van der Waals surface area contributed by atoms with Crippen molar-refractivity contribution in [1.29, 1.82) is 0 Å².